The third-order valence-corrected chi connectivity index (χ3v) is 2.40. The fourth-order valence-corrected chi connectivity index (χ4v) is 1.44. The molecule has 0 atom stereocenters. The quantitative estimate of drug-likeness (QED) is 0.662. The van der Waals surface area contributed by atoms with Gasteiger partial charge in [0.25, 0.3) is 0 Å². The van der Waals surface area contributed by atoms with E-state index in [1.165, 1.54) is 11.9 Å². The standard InChI is InChI=1S/C12H15F3N2O2/c1-17(10-5-3-2-4-9(10)16)11(18)6-7-19-8-12(13,14)15/h2-5H,6-8,16H2,1H3. The molecule has 7 heteroatoms. The molecular formula is C12H15F3N2O2. The average Bonchev–Trinajstić information content (AvgIpc) is 2.33. The summed E-state index contributed by atoms with van der Waals surface area (Å²) in [6.45, 7) is -1.63. The average molecular weight is 276 g/mol. The van der Waals surface area contributed by atoms with Gasteiger partial charge in [-0.1, -0.05) is 12.1 Å². The van der Waals surface area contributed by atoms with E-state index >= 15 is 0 Å². The second-order valence-corrected chi connectivity index (χ2v) is 3.93. The number of rotatable bonds is 5. The van der Waals surface area contributed by atoms with Gasteiger partial charge in [0.1, 0.15) is 6.61 Å². The lowest BCUT2D eigenvalue weighted by molar-refractivity contribution is -0.174. The molecule has 0 fully saturated rings. The zero-order valence-electron chi connectivity index (χ0n) is 10.4. The predicted octanol–water partition coefficient (Wildman–Crippen LogP) is 2.20. The van der Waals surface area contributed by atoms with Gasteiger partial charge in [0.2, 0.25) is 5.91 Å². The van der Waals surface area contributed by atoms with E-state index in [9.17, 15) is 18.0 Å². The van der Waals surface area contributed by atoms with E-state index in [-0.39, 0.29) is 18.9 Å². The Labute approximate surface area is 108 Å². The van der Waals surface area contributed by atoms with Gasteiger partial charge in [-0.2, -0.15) is 13.2 Å². The summed E-state index contributed by atoms with van der Waals surface area (Å²) < 4.78 is 39.8. The van der Waals surface area contributed by atoms with Gasteiger partial charge in [-0.25, -0.2) is 0 Å². The molecule has 0 unspecified atom stereocenters. The van der Waals surface area contributed by atoms with Crippen LogP contribution in [0.3, 0.4) is 0 Å². The number of nitrogens with zero attached hydrogens (tertiary/aromatic N) is 1. The number of nitrogen functional groups attached to an aromatic ring is 1. The summed E-state index contributed by atoms with van der Waals surface area (Å²) in [6, 6.07) is 6.74. The van der Waals surface area contributed by atoms with Gasteiger partial charge in [0, 0.05) is 7.05 Å². The Morgan fingerprint density at radius 2 is 2.00 bits per heavy atom. The molecule has 1 amide bonds. The van der Waals surface area contributed by atoms with Crippen LogP contribution in [-0.4, -0.2) is 32.3 Å². The van der Waals surface area contributed by atoms with Crippen molar-refractivity contribution >= 4 is 17.3 Å². The number of anilines is 2. The minimum Gasteiger partial charge on any atom is -0.397 e. The van der Waals surface area contributed by atoms with Crippen molar-refractivity contribution in [1.29, 1.82) is 0 Å². The number of alkyl halides is 3. The fraction of sp³-hybridized carbons (Fsp3) is 0.417. The van der Waals surface area contributed by atoms with Gasteiger partial charge in [-0.15, -0.1) is 0 Å². The second kappa shape index (κ2) is 6.42. The van der Waals surface area contributed by atoms with Crippen molar-refractivity contribution in [2.24, 2.45) is 0 Å². The summed E-state index contributed by atoms with van der Waals surface area (Å²) >= 11 is 0. The molecule has 0 saturated carbocycles. The summed E-state index contributed by atoms with van der Waals surface area (Å²) in [6.07, 6.45) is -4.51. The highest BCUT2D eigenvalue weighted by Gasteiger charge is 2.27. The van der Waals surface area contributed by atoms with Crippen LogP contribution in [0.15, 0.2) is 24.3 Å². The molecule has 0 saturated heterocycles. The van der Waals surface area contributed by atoms with Crippen LogP contribution in [0.2, 0.25) is 0 Å². The van der Waals surface area contributed by atoms with Gasteiger partial charge >= 0.3 is 6.18 Å². The maximum atomic E-state index is 11.8. The molecule has 4 nitrogen and oxygen atoms in total. The number of nitrogens with two attached hydrogens (primary N) is 1. The van der Waals surface area contributed by atoms with Crippen LogP contribution in [0.5, 0.6) is 0 Å². The molecule has 0 heterocycles. The predicted molar refractivity (Wildman–Crippen MR) is 65.8 cm³/mol. The Balaban J connectivity index is 2.44. The van der Waals surface area contributed by atoms with Crippen molar-refractivity contribution in [3.63, 3.8) is 0 Å². The molecule has 1 aromatic rings. The summed E-state index contributed by atoms with van der Waals surface area (Å²) in [5.41, 5.74) is 6.64. The first-order valence-corrected chi connectivity index (χ1v) is 5.57. The lowest BCUT2D eigenvalue weighted by atomic mass is 10.2. The van der Waals surface area contributed by atoms with E-state index < -0.39 is 12.8 Å². The van der Waals surface area contributed by atoms with E-state index in [2.05, 4.69) is 4.74 Å². The van der Waals surface area contributed by atoms with Crippen LogP contribution in [0, 0.1) is 0 Å². The highest BCUT2D eigenvalue weighted by atomic mass is 19.4. The zero-order valence-corrected chi connectivity index (χ0v) is 10.4. The molecule has 0 radical (unpaired) electrons. The number of para-hydroxylation sites is 2. The summed E-state index contributed by atoms with van der Waals surface area (Å²) in [5.74, 6) is -0.361. The van der Waals surface area contributed by atoms with Crippen LogP contribution < -0.4 is 10.6 Å². The zero-order chi connectivity index (χ0) is 14.5. The molecule has 0 spiro atoms. The highest BCUT2D eigenvalue weighted by molar-refractivity contribution is 5.95. The van der Waals surface area contributed by atoms with Crippen LogP contribution >= 0.6 is 0 Å². The number of ether oxygens (including phenoxy) is 1. The largest absolute Gasteiger partial charge is 0.411 e. The first-order chi connectivity index (χ1) is 8.81. The third kappa shape index (κ3) is 5.17. The lowest BCUT2D eigenvalue weighted by Gasteiger charge is -2.19. The highest BCUT2D eigenvalue weighted by Crippen LogP contribution is 2.21. The smallest absolute Gasteiger partial charge is 0.397 e. The van der Waals surface area contributed by atoms with Crippen molar-refractivity contribution in [3.05, 3.63) is 24.3 Å². The Hall–Kier alpha value is -1.76. The molecule has 0 bridgehead atoms. The Morgan fingerprint density at radius 1 is 1.37 bits per heavy atom. The minimum atomic E-state index is -4.38. The lowest BCUT2D eigenvalue weighted by Crippen LogP contribution is -2.28. The molecule has 0 aromatic heterocycles. The van der Waals surface area contributed by atoms with E-state index in [0.29, 0.717) is 11.4 Å². The van der Waals surface area contributed by atoms with Crippen LogP contribution in [0.4, 0.5) is 24.5 Å². The number of halogens is 3. The maximum absolute atomic E-state index is 11.8. The van der Waals surface area contributed by atoms with Crippen LogP contribution in [0.25, 0.3) is 0 Å². The van der Waals surface area contributed by atoms with Crippen LogP contribution in [-0.2, 0) is 9.53 Å². The van der Waals surface area contributed by atoms with Crippen molar-refractivity contribution in [2.45, 2.75) is 12.6 Å². The van der Waals surface area contributed by atoms with Gasteiger partial charge in [-0.3, -0.25) is 4.79 Å². The molecule has 19 heavy (non-hydrogen) atoms. The van der Waals surface area contributed by atoms with Crippen molar-refractivity contribution < 1.29 is 22.7 Å². The number of benzene rings is 1. The number of hydrogen-bond donors (Lipinski definition) is 1. The van der Waals surface area contributed by atoms with E-state index in [0.717, 1.165) is 0 Å². The molecule has 0 aliphatic rings. The molecule has 2 N–H and O–H groups in total. The SMILES string of the molecule is CN(C(=O)CCOCC(F)(F)F)c1ccccc1N. The van der Waals surface area contributed by atoms with Crippen molar-refractivity contribution in [2.75, 3.05) is 30.9 Å². The van der Waals surface area contributed by atoms with E-state index in [1.807, 2.05) is 0 Å². The second-order valence-electron chi connectivity index (χ2n) is 3.93. The monoisotopic (exact) mass is 276 g/mol. The number of carbonyl (C=O) groups excluding carboxylic acids is 1. The van der Waals surface area contributed by atoms with Crippen molar-refractivity contribution in [3.8, 4) is 0 Å². The van der Waals surface area contributed by atoms with Crippen molar-refractivity contribution in [1.82, 2.24) is 0 Å². The molecule has 106 valence electrons. The summed E-state index contributed by atoms with van der Waals surface area (Å²) in [5, 5.41) is 0. The minimum absolute atomic E-state index is 0.138. The first kappa shape index (κ1) is 15.3. The normalized spacial score (nSPS) is 11.4. The molecule has 0 aliphatic heterocycles. The van der Waals surface area contributed by atoms with Gasteiger partial charge in [0.15, 0.2) is 0 Å². The van der Waals surface area contributed by atoms with E-state index in [4.69, 9.17) is 5.73 Å². The molecular weight excluding hydrogens is 261 g/mol. The number of carbonyl (C=O) groups is 1. The van der Waals surface area contributed by atoms with E-state index in [1.54, 1.807) is 24.3 Å². The summed E-state index contributed by atoms with van der Waals surface area (Å²) in [7, 11) is 1.51. The first-order valence-electron chi connectivity index (χ1n) is 5.57. The fourth-order valence-electron chi connectivity index (χ4n) is 1.44. The molecule has 1 rings (SSSR count). The number of hydrogen-bond acceptors (Lipinski definition) is 3. The van der Waals surface area contributed by atoms with Crippen LogP contribution in [0.1, 0.15) is 6.42 Å². The third-order valence-electron chi connectivity index (χ3n) is 2.40. The van der Waals surface area contributed by atoms with Gasteiger partial charge < -0.3 is 15.4 Å². The topological polar surface area (TPSA) is 55.6 Å². The maximum Gasteiger partial charge on any atom is 0.411 e. The number of amides is 1. The Kier molecular flexibility index (Phi) is 5.17. The molecule has 0 aliphatic carbocycles. The van der Waals surface area contributed by atoms with Gasteiger partial charge in [-0.05, 0) is 12.1 Å². The van der Waals surface area contributed by atoms with Gasteiger partial charge in [0.05, 0.1) is 24.4 Å². The Morgan fingerprint density at radius 3 is 2.58 bits per heavy atom. The molecule has 1 aromatic carbocycles. The Bertz CT molecular complexity index is 435. The summed E-state index contributed by atoms with van der Waals surface area (Å²) in [4.78, 5) is 13.0.